The first kappa shape index (κ1) is 16.7. The van der Waals surface area contributed by atoms with Crippen LogP contribution >= 0.6 is 0 Å². The molecule has 0 fully saturated rings. The summed E-state index contributed by atoms with van der Waals surface area (Å²) in [7, 11) is 0. The van der Waals surface area contributed by atoms with E-state index in [9.17, 15) is 17.6 Å². The van der Waals surface area contributed by atoms with Crippen molar-refractivity contribution in [1.82, 2.24) is 0 Å². The number of unbranched alkanes of at least 4 members (excludes halogenated alkanes) is 2. The lowest BCUT2D eigenvalue weighted by Crippen LogP contribution is -2.14. The van der Waals surface area contributed by atoms with E-state index in [-0.39, 0.29) is 17.5 Å². The number of hydrogen-bond donors (Lipinski definition) is 0. The van der Waals surface area contributed by atoms with Crippen LogP contribution < -0.4 is 0 Å². The summed E-state index contributed by atoms with van der Waals surface area (Å²) in [4.78, 5) is 0. The summed E-state index contributed by atoms with van der Waals surface area (Å²) in [5.41, 5.74) is -0.880. The van der Waals surface area contributed by atoms with Crippen LogP contribution in [0.2, 0.25) is 0 Å². The lowest BCUT2D eigenvalue weighted by Gasteiger charge is -2.16. The first-order chi connectivity index (χ1) is 9.41. The molecule has 0 radical (unpaired) electrons. The Balaban J connectivity index is 3.01. The van der Waals surface area contributed by atoms with Gasteiger partial charge in [-0.25, -0.2) is 4.39 Å². The molecule has 4 heteroatoms. The van der Waals surface area contributed by atoms with E-state index in [1.165, 1.54) is 12.1 Å². The fourth-order valence-corrected chi connectivity index (χ4v) is 2.24. The van der Waals surface area contributed by atoms with Gasteiger partial charge in [0.05, 0.1) is 5.56 Å². The molecule has 20 heavy (non-hydrogen) atoms. The van der Waals surface area contributed by atoms with Crippen molar-refractivity contribution < 1.29 is 17.6 Å². The third kappa shape index (κ3) is 4.36. The van der Waals surface area contributed by atoms with E-state index < -0.39 is 17.6 Å². The monoisotopic (exact) mass is 288 g/mol. The van der Waals surface area contributed by atoms with Gasteiger partial charge in [-0.15, -0.1) is 6.58 Å². The molecule has 0 atom stereocenters. The summed E-state index contributed by atoms with van der Waals surface area (Å²) >= 11 is 0. The fourth-order valence-electron chi connectivity index (χ4n) is 2.24. The molecule has 1 aromatic carbocycles. The van der Waals surface area contributed by atoms with E-state index in [0.29, 0.717) is 19.3 Å². The van der Waals surface area contributed by atoms with Gasteiger partial charge in [0.25, 0.3) is 0 Å². The molecule has 0 N–H and O–H groups in total. The molecule has 0 spiro atoms. The third-order valence-electron chi connectivity index (χ3n) is 3.22. The number of halogens is 4. The van der Waals surface area contributed by atoms with E-state index in [1.807, 2.05) is 0 Å². The number of alkyl halides is 3. The topological polar surface area (TPSA) is 0 Å². The Bertz CT molecular complexity index is 447. The molecule has 1 aromatic rings. The molecule has 0 saturated carbocycles. The summed E-state index contributed by atoms with van der Waals surface area (Å²) < 4.78 is 53.1. The standard InChI is InChI=1S/C16H20F4/c1-3-5-6-7-9-13-11-10-12(8-4-2)14(15(13)17)16(18,19)20/h3,10-11H,1,4-9H2,2H3. The van der Waals surface area contributed by atoms with Crippen molar-refractivity contribution in [2.24, 2.45) is 0 Å². The largest absolute Gasteiger partial charge is 0.419 e. The van der Waals surface area contributed by atoms with E-state index in [1.54, 1.807) is 13.0 Å². The highest BCUT2D eigenvalue weighted by atomic mass is 19.4. The van der Waals surface area contributed by atoms with Gasteiger partial charge in [-0.3, -0.25) is 0 Å². The molecule has 0 heterocycles. The molecule has 0 aliphatic carbocycles. The minimum Gasteiger partial charge on any atom is -0.206 e. The van der Waals surface area contributed by atoms with Crippen LogP contribution in [0.3, 0.4) is 0 Å². The zero-order valence-electron chi connectivity index (χ0n) is 11.7. The van der Waals surface area contributed by atoms with Crippen LogP contribution in [0.5, 0.6) is 0 Å². The molecule has 0 unspecified atom stereocenters. The zero-order chi connectivity index (χ0) is 15.2. The molecule has 0 bridgehead atoms. The first-order valence-electron chi connectivity index (χ1n) is 6.90. The van der Waals surface area contributed by atoms with Gasteiger partial charge in [-0.2, -0.15) is 13.2 Å². The molecule has 0 amide bonds. The normalized spacial score (nSPS) is 11.7. The highest BCUT2D eigenvalue weighted by Gasteiger charge is 2.37. The Hall–Kier alpha value is -1.32. The number of allylic oxidation sites excluding steroid dienone is 1. The minimum atomic E-state index is -4.63. The van der Waals surface area contributed by atoms with Gasteiger partial charge >= 0.3 is 6.18 Å². The third-order valence-corrected chi connectivity index (χ3v) is 3.22. The van der Waals surface area contributed by atoms with Crippen LogP contribution in [0.15, 0.2) is 24.8 Å². The average molecular weight is 288 g/mol. The van der Waals surface area contributed by atoms with E-state index >= 15 is 0 Å². The Morgan fingerprint density at radius 1 is 1.10 bits per heavy atom. The molecule has 0 aliphatic rings. The van der Waals surface area contributed by atoms with Gasteiger partial charge in [0.2, 0.25) is 0 Å². The van der Waals surface area contributed by atoms with Crippen molar-refractivity contribution in [2.45, 2.75) is 51.6 Å². The maximum absolute atomic E-state index is 14.1. The molecule has 0 saturated heterocycles. The van der Waals surface area contributed by atoms with E-state index in [0.717, 1.165) is 12.8 Å². The summed E-state index contributed by atoms with van der Waals surface area (Å²) in [5.74, 6) is -1.10. The highest BCUT2D eigenvalue weighted by molar-refractivity contribution is 5.36. The average Bonchev–Trinajstić information content (AvgIpc) is 2.35. The summed E-state index contributed by atoms with van der Waals surface area (Å²) in [5, 5.41) is 0. The van der Waals surface area contributed by atoms with E-state index in [4.69, 9.17) is 0 Å². The molecular formula is C16H20F4. The van der Waals surface area contributed by atoms with Crippen LogP contribution in [-0.2, 0) is 19.0 Å². The number of hydrogen-bond acceptors (Lipinski definition) is 0. The zero-order valence-corrected chi connectivity index (χ0v) is 11.7. The smallest absolute Gasteiger partial charge is 0.206 e. The molecule has 0 nitrogen and oxygen atoms in total. The van der Waals surface area contributed by atoms with Crippen LogP contribution in [0, 0.1) is 5.82 Å². The van der Waals surface area contributed by atoms with Gasteiger partial charge in [0.15, 0.2) is 0 Å². The van der Waals surface area contributed by atoms with Crippen LogP contribution in [0.1, 0.15) is 49.3 Å². The maximum atomic E-state index is 14.1. The summed E-state index contributed by atoms with van der Waals surface area (Å²) in [6.07, 6.45) is 0.502. The van der Waals surface area contributed by atoms with Crippen molar-refractivity contribution in [3.05, 3.63) is 47.3 Å². The first-order valence-corrected chi connectivity index (χ1v) is 6.90. The van der Waals surface area contributed by atoms with E-state index in [2.05, 4.69) is 6.58 Å². The highest BCUT2D eigenvalue weighted by Crippen LogP contribution is 2.36. The van der Waals surface area contributed by atoms with Crippen LogP contribution in [-0.4, -0.2) is 0 Å². The summed E-state index contributed by atoms with van der Waals surface area (Å²) in [6, 6.07) is 2.90. The van der Waals surface area contributed by atoms with Gasteiger partial charge in [-0.1, -0.05) is 31.6 Å². The lowest BCUT2D eigenvalue weighted by atomic mass is 9.96. The molecule has 0 aliphatic heterocycles. The fraction of sp³-hybridized carbons (Fsp3) is 0.500. The second-order valence-corrected chi connectivity index (χ2v) is 4.86. The summed E-state index contributed by atoms with van der Waals surface area (Å²) in [6.45, 7) is 5.36. The molecule has 1 rings (SSSR count). The van der Waals surface area contributed by atoms with Crippen molar-refractivity contribution in [3.8, 4) is 0 Å². The van der Waals surface area contributed by atoms with Gasteiger partial charge in [-0.05, 0) is 43.2 Å². The number of benzene rings is 1. The Morgan fingerprint density at radius 2 is 1.75 bits per heavy atom. The molecule has 112 valence electrons. The van der Waals surface area contributed by atoms with Crippen molar-refractivity contribution >= 4 is 0 Å². The predicted molar refractivity (Wildman–Crippen MR) is 73.1 cm³/mol. The van der Waals surface area contributed by atoms with Crippen molar-refractivity contribution in [2.75, 3.05) is 0 Å². The number of aryl methyl sites for hydroxylation is 2. The Labute approximate surface area is 117 Å². The molecule has 0 aromatic heterocycles. The van der Waals surface area contributed by atoms with Gasteiger partial charge in [0, 0.05) is 0 Å². The van der Waals surface area contributed by atoms with Gasteiger partial charge in [0.1, 0.15) is 5.82 Å². The quantitative estimate of drug-likeness (QED) is 0.343. The van der Waals surface area contributed by atoms with Gasteiger partial charge < -0.3 is 0 Å². The number of rotatable bonds is 7. The predicted octanol–water partition coefficient (Wildman–Crippen LogP) is 5.70. The molecular weight excluding hydrogens is 268 g/mol. The van der Waals surface area contributed by atoms with Crippen molar-refractivity contribution in [3.63, 3.8) is 0 Å². The Kier molecular flexibility index (Phi) is 6.24. The second-order valence-electron chi connectivity index (χ2n) is 4.86. The van der Waals surface area contributed by atoms with Crippen LogP contribution in [0.25, 0.3) is 0 Å². The minimum absolute atomic E-state index is 0.0485. The lowest BCUT2D eigenvalue weighted by molar-refractivity contribution is -0.140. The van der Waals surface area contributed by atoms with Crippen molar-refractivity contribution in [1.29, 1.82) is 0 Å². The maximum Gasteiger partial charge on any atom is 0.419 e. The SMILES string of the molecule is C=CCCCCc1ccc(CCC)c(C(F)(F)F)c1F. The Morgan fingerprint density at radius 3 is 2.30 bits per heavy atom. The second kappa shape index (κ2) is 7.46. The van der Waals surface area contributed by atoms with Crippen LogP contribution in [0.4, 0.5) is 17.6 Å².